The predicted molar refractivity (Wildman–Crippen MR) is 109 cm³/mol. The fourth-order valence-corrected chi connectivity index (χ4v) is 3.94. The summed E-state index contributed by atoms with van der Waals surface area (Å²) in [4.78, 5) is 28.0. The maximum Gasteiger partial charge on any atom is 0.335 e. The second-order valence-corrected chi connectivity index (χ2v) is 8.60. The molecule has 13 heteroatoms. The van der Waals surface area contributed by atoms with Crippen LogP contribution in [0.2, 0.25) is 0 Å². The third-order valence-corrected chi connectivity index (χ3v) is 5.34. The van der Waals surface area contributed by atoms with Crippen LogP contribution in [0.4, 0.5) is 0 Å². The van der Waals surface area contributed by atoms with Crippen LogP contribution in [0.25, 0.3) is 0 Å². The standard InChI is InChI=1S/C20H33NO12/c1-7(2)14-11(21-9(5)23)15(12(24)10(6-22)30-14)31-20-13(25)16(33-28)17(29-8(3)4)18(32-20)19(26)27/h6-8,11-18,20,22,24-25,28H,1-5H3,(H,21,23)(H,26,27)/b10-6-. The van der Waals surface area contributed by atoms with Gasteiger partial charge in [-0.1, -0.05) is 13.8 Å². The molecule has 0 radical (unpaired) electrons. The molecule has 0 saturated carbocycles. The smallest absolute Gasteiger partial charge is 0.335 e. The zero-order chi connectivity index (χ0) is 25.0. The molecule has 0 aliphatic carbocycles. The van der Waals surface area contributed by atoms with E-state index in [0.29, 0.717) is 6.26 Å². The van der Waals surface area contributed by atoms with Gasteiger partial charge in [0, 0.05) is 6.92 Å². The number of amides is 1. The average molecular weight is 479 g/mol. The van der Waals surface area contributed by atoms with Gasteiger partial charge in [-0.3, -0.25) is 10.1 Å². The molecule has 0 spiro atoms. The highest BCUT2D eigenvalue weighted by atomic mass is 17.1. The van der Waals surface area contributed by atoms with Gasteiger partial charge in [0.05, 0.1) is 12.1 Å². The Kier molecular flexibility index (Phi) is 9.43. The quantitative estimate of drug-likeness (QED) is 0.149. The molecule has 2 aliphatic heterocycles. The van der Waals surface area contributed by atoms with Crippen LogP contribution in [0, 0.1) is 5.92 Å². The summed E-state index contributed by atoms with van der Waals surface area (Å²) in [6.07, 6.45) is -11.8. The minimum absolute atomic E-state index is 0.225. The Morgan fingerprint density at radius 3 is 2.21 bits per heavy atom. The van der Waals surface area contributed by atoms with Crippen molar-refractivity contribution in [1.29, 1.82) is 0 Å². The first-order valence-corrected chi connectivity index (χ1v) is 10.6. The lowest BCUT2D eigenvalue weighted by Crippen LogP contribution is -2.66. The summed E-state index contributed by atoms with van der Waals surface area (Å²) in [5.41, 5.74) is 0. The van der Waals surface area contributed by atoms with Crippen LogP contribution in [0.1, 0.15) is 34.6 Å². The number of ether oxygens (including phenoxy) is 4. The van der Waals surface area contributed by atoms with E-state index in [0.717, 1.165) is 0 Å². The molecule has 33 heavy (non-hydrogen) atoms. The van der Waals surface area contributed by atoms with Gasteiger partial charge in [-0.05, 0) is 19.8 Å². The summed E-state index contributed by atoms with van der Waals surface area (Å²) in [5, 5.41) is 52.5. The Balaban J connectivity index is 2.40. The van der Waals surface area contributed by atoms with Gasteiger partial charge >= 0.3 is 5.97 Å². The maximum absolute atomic E-state index is 11.8. The molecule has 9 unspecified atom stereocenters. The minimum Gasteiger partial charge on any atom is -0.512 e. The normalized spacial score (nSPS) is 38.4. The molecule has 0 bridgehead atoms. The zero-order valence-corrected chi connectivity index (χ0v) is 19.0. The molecular formula is C20H33NO12. The van der Waals surface area contributed by atoms with Crippen molar-refractivity contribution in [2.24, 2.45) is 5.92 Å². The van der Waals surface area contributed by atoms with E-state index >= 15 is 0 Å². The highest BCUT2D eigenvalue weighted by Gasteiger charge is 2.54. The summed E-state index contributed by atoms with van der Waals surface area (Å²) in [7, 11) is 0. The number of nitrogens with one attached hydrogen (secondary N) is 1. The van der Waals surface area contributed by atoms with Crippen molar-refractivity contribution in [3.05, 3.63) is 12.0 Å². The van der Waals surface area contributed by atoms with Crippen molar-refractivity contribution < 1.29 is 59.1 Å². The van der Waals surface area contributed by atoms with Gasteiger partial charge in [0.15, 0.2) is 24.3 Å². The molecule has 0 aromatic rings. The van der Waals surface area contributed by atoms with Gasteiger partial charge < -0.3 is 44.7 Å². The van der Waals surface area contributed by atoms with E-state index in [4.69, 9.17) is 18.9 Å². The first kappa shape index (κ1) is 27.2. The van der Waals surface area contributed by atoms with Crippen LogP contribution >= 0.6 is 0 Å². The number of carboxylic acids is 1. The molecule has 2 saturated heterocycles. The number of aliphatic carboxylic acids is 1. The van der Waals surface area contributed by atoms with Crippen molar-refractivity contribution >= 4 is 11.9 Å². The lowest BCUT2D eigenvalue weighted by atomic mass is 9.88. The predicted octanol–water partition coefficient (Wildman–Crippen LogP) is -0.486. The molecule has 9 atom stereocenters. The second kappa shape index (κ2) is 11.4. The largest absolute Gasteiger partial charge is 0.512 e. The molecule has 2 rings (SSSR count). The Morgan fingerprint density at radius 1 is 1.12 bits per heavy atom. The van der Waals surface area contributed by atoms with Crippen LogP contribution in [0.3, 0.4) is 0 Å². The molecule has 13 nitrogen and oxygen atoms in total. The highest BCUT2D eigenvalue weighted by molar-refractivity contribution is 5.74. The Labute approximate surface area is 190 Å². The van der Waals surface area contributed by atoms with Crippen molar-refractivity contribution in [3.8, 4) is 0 Å². The number of aliphatic hydroxyl groups is 3. The Bertz CT molecular complexity index is 713. The molecule has 0 aromatic heterocycles. The lowest BCUT2D eigenvalue weighted by Gasteiger charge is -2.47. The van der Waals surface area contributed by atoms with Gasteiger partial charge in [0.1, 0.15) is 36.8 Å². The molecule has 6 N–H and O–H groups in total. The van der Waals surface area contributed by atoms with Crippen molar-refractivity contribution in [2.75, 3.05) is 0 Å². The number of carbonyl (C=O) groups is 2. The average Bonchev–Trinajstić information content (AvgIpc) is 2.71. The first-order valence-electron chi connectivity index (χ1n) is 10.6. The van der Waals surface area contributed by atoms with E-state index in [1.54, 1.807) is 27.7 Å². The van der Waals surface area contributed by atoms with Crippen LogP contribution < -0.4 is 5.32 Å². The van der Waals surface area contributed by atoms with Crippen LogP contribution in [0.5, 0.6) is 0 Å². The third kappa shape index (κ3) is 6.12. The van der Waals surface area contributed by atoms with E-state index in [-0.39, 0.29) is 11.7 Å². The summed E-state index contributed by atoms with van der Waals surface area (Å²) >= 11 is 0. The molecular weight excluding hydrogens is 446 g/mol. The molecule has 2 heterocycles. The summed E-state index contributed by atoms with van der Waals surface area (Å²) in [5.74, 6) is -2.42. The number of rotatable bonds is 8. The van der Waals surface area contributed by atoms with Gasteiger partial charge in [-0.25, -0.2) is 9.68 Å². The summed E-state index contributed by atoms with van der Waals surface area (Å²) < 4.78 is 22.3. The van der Waals surface area contributed by atoms with E-state index in [1.807, 2.05) is 0 Å². The van der Waals surface area contributed by atoms with Gasteiger partial charge in [-0.2, -0.15) is 0 Å². The van der Waals surface area contributed by atoms with Crippen molar-refractivity contribution in [2.45, 2.75) is 95.8 Å². The maximum atomic E-state index is 11.8. The minimum atomic E-state index is -1.75. The first-order chi connectivity index (χ1) is 15.4. The number of carboxylic acid groups (broad SMARTS) is 1. The third-order valence-electron chi connectivity index (χ3n) is 5.34. The Morgan fingerprint density at radius 2 is 1.76 bits per heavy atom. The molecule has 190 valence electrons. The van der Waals surface area contributed by atoms with E-state index in [9.17, 15) is 35.3 Å². The fraction of sp³-hybridized carbons (Fsp3) is 0.800. The summed E-state index contributed by atoms with van der Waals surface area (Å²) in [6.45, 7) is 8.04. The molecule has 2 fully saturated rings. The zero-order valence-electron chi connectivity index (χ0n) is 19.0. The fourth-order valence-electron chi connectivity index (χ4n) is 3.94. The molecule has 0 aromatic carbocycles. The van der Waals surface area contributed by atoms with Crippen LogP contribution in [-0.4, -0.2) is 98.7 Å². The van der Waals surface area contributed by atoms with Crippen molar-refractivity contribution in [1.82, 2.24) is 5.32 Å². The lowest BCUT2D eigenvalue weighted by molar-refractivity contribution is -0.385. The van der Waals surface area contributed by atoms with Gasteiger partial charge in [0.25, 0.3) is 0 Å². The van der Waals surface area contributed by atoms with E-state index < -0.39 is 73.0 Å². The molecule has 1 amide bonds. The van der Waals surface area contributed by atoms with E-state index in [2.05, 4.69) is 10.2 Å². The monoisotopic (exact) mass is 479 g/mol. The second-order valence-electron chi connectivity index (χ2n) is 8.60. The van der Waals surface area contributed by atoms with Gasteiger partial charge in [0.2, 0.25) is 5.91 Å². The SMILES string of the molecule is CC(=O)NC1C(C(C)C)O/C(=C\O)C(O)C1OC1OC(C(=O)O)C(OC(C)C)C(OO)C1O. The Hall–Kier alpha value is -2.00. The highest BCUT2D eigenvalue weighted by Crippen LogP contribution is 2.34. The van der Waals surface area contributed by atoms with Crippen LogP contribution in [0.15, 0.2) is 12.0 Å². The van der Waals surface area contributed by atoms with Crippen molar-refractivity contribution in [3.63, 3.8) is 0 Å². The van der Waals surface area contributed by atoms with Crippen LogP contribution in [-0.2, 0) is 33.4 Å². The van der Waals surface area contributed by atoms with E-state index in [1.165, 1.54) is 6.92 Å². The number of carbonyl (C=O) groups excluding carboxylic acids is 1. The summed E-state index contributed by atoms with van der Waals surface area (Å²) in [6, 6.07) is -0.974. The number of aliphatic hydroxyl groups excluding tert-OH is 3. The number of hydrogen-bond acceptors (Lipinski definition) is 11. The molecule has 2 aliphatic rings. The topological polar surface area (TPSA) is 193 Å². The van der Waals surface area contributed by atoms with Gasteiger partial charge in [-0.15, -0.1) is 0 Å². The number of hydrogen-bond donors (Lipinski definition) is 6.